The van der Waals surface area contributed by atoms with Crippen LogP contribution in [-0.4, -0.2) is 25.8 Å². The Balaban J connectivity index is 1.94. The Kier molecular flexibility index (Phi) is 5.62. The van der Waals surface area contributed by atoms with Gasteiger partial charge in [0.05, 0.1) is 19.1 Å². The van der Waals surface area contributed by atoms with Crippen molar-refractivity contribution in [3.63, 3.8) is 0 Å². The average molecular weight is 338 g/mol. The van der Waals surface area contributed by atoms with E-state index < -0.39 is 11.9 Å². The molecule has 0 spiro atoms. The van der Waals surface area contributed by atoms with E-state index in [0.717, 1.165) is 0 Å². The summed E-state index contributed by atoms with van der Waals surface area (Å²) in [6.07, 6.45) is -1.22. The number of amides is 1. The fraction of sp³-hybridized carbons (Fsp3) is 0.400. The second-order valence-corrected chi connectivity index (χ2v) is 5.85. The zero-order chi connectivity index (χ0) is 17.0. The number of nitrogens with one attached hydrogen (secondary N) is 2. The van der Waals surface area contributed by atoms with Gasteiger partial charge in [-0.1, -0.05) is 12.1 Å². The molecule has 23 heavy (non-hydrogen) atoms. The molecule has 0 aliphatic carbocycles. The number of aromatic amines is 1. The van der Waals surface area contributed by atoms with Crippen LogP contribution in [0.5, 0.6) is 0 Å². The normalized spacial score (nSPS) is 12.4. The van der Waals surface area contributed by atoms with Crippen molar-refractivity contribution in [2.45, 2.75) is 39.0 Å². The third kappa shape index (κ3) is 4.46. The van der Waals surface area contributed by atoms with Crippen LogP contribution in [0.15, 0.2) is 24.3 Å². The van der Waals surface area contributed by atoms with Gasteiger partial charge in [-0.25, -0.2) is 4.39 Å². The van der Waals surface area contributed by atoms with E-state index in [-0.39, 0.29) is 24.9 Å². The number of H-pyrrole nitrogens is 1. The van der Waals surface area contributed by atoms with E-state index in [2.05, 4.69) is 15.5 Å². The zero-order valence-electron chi connectivity index (χ0n) is 12.9. The SMILES string of the molecule is CC(C)n1c(CNC(=O)C[C@@H](O)c2cccc(F)c2)n[nH]c1=S. The minimum atomic E-state index is -1.06. The van der Waals surface area contributed by atoms with Crippen LogP contribution in [0.2, 0.25) is 0 Å². The molecular weight excluding hydrogens is 319 g/mol. The molecule has 1 heterocycles. The number of carbonyl (C=O) groups is 1. The van der Waals surface area contributed by atoms with Gasteiger partial charge >= 0.3 is 0 Å². The molecule has 0 fully saturated rings. The van der Waals surface area contributed by atoms with Gasteiger partial charge in [-0.15, -0.1) is 0 Å². The molecule has 2 rings (SSSR count). The van der Waals surface area contributed by atoms with Crippen LogP contribution in [0.4, 0.5) is 4.39 Å². The fourth-order valence-corrected chi connectivity index (χ4v) is 2.61. The van der Waals surface area contributed by atoms with Crippen molar-refractivity contribution in [3.8, 4) is 0 Å². The number of nitrogens with zero attached hydrogens (tertiary/aromatic N) is 2. The molecule has 1 aromatic heterocycles. The van der Waals surface area contributed by atoms with Crippen molar-refractivity contribution in [2.24, 2.45) is 0 Å². The van der Waals surface area contributed by atoms with Gasteiger partial charge in [0.1, 0.15) is 5.82 Å². The summed E-state index contributed by atoms with van der Waals surface area (Å²) in [6, 6.07) is 5.68. The summed E-state index contributed by atoms with van der Waals surface area (Å²) in [5.74, 6) is -0.195. The molecule has 2 aromatic rings. The molecule has 0 aliphatic rings. The number of hydrogen-bond donors (Lipinski definition) is 3. The first-order valence-electron chi connectivity index (χ1n) is 7.24. The van der Waals surface area contributed by atoms with Crippen LogP contribution in [-0.2, 0) is 11.3 Å². The van der Waals surface area contributed by atoms with Crippen molar-refractivity contribution < 1.29 is 14.3 Å². The lowest BCUT2D eigenvalue weighted by atomic mass is 10.1. The quantitative estimate of drug-likeness (QED) is 0.706. The van der Waals surface area contributed by atoms with Crippen molar-refractivity contribution in [2.75, 3.05) is 0 Å². The van der Waals surface area contributed by atoms with Crippen LogP contribution >= 0.6 is 12.2 Å². The smallest absolute Gasteiger partial charge is 0.223 e. The van der Waals surface area contributed by atoms with E-state index in [1.165, 1.54) is 18.2 Å². The molecule has 1 atom stereocenters. The van der Waals surface area contributed by atoms with Crippen LogP contribution in [0, 0.1) is 10.6 Å². The van der Waals surface area contributed by atoms with Gasteiger partial charge in [-0.05, 0) is 43.8 Å². The molecule has 1 amide bonds. The van der Waals surface area contributed by atoms with E-state index in [9.17, 15) is 14.3 Å². The van der Waals surface area contributed by atoms with E-state index in [4.69, 9.17) is 12.2 Å². The summed E-state index contributed by atoms with van der Waals surface area (Å²) in [4.78, 5) is 11.9. The molecule has 8 heteroatoms. The third-order valence-corrected chi connectivity index (χ3v) is 3.64. The topological polar surface area (TPSA) is 82.9 Å². The van der Waals surface area contributed by atoms with Gasteiger partial charge in [0.15, 0.2) is 10.6 Å². The van der Waals surface area contributed by atoms with Gasteiger partial charge in [0.2, 0.25) is 5.91 Å². The van der Waals surface area contributed by atoms with Gasteiger partial charge in [0.25, 0.3) is 0 Å². The van der Waals surface area contributed by atoms with Crippen LogP contribution in [0.1, 0.15) is 43.8 Å². The lowest BCUT2D eigenvalue weighted by Gasteiger charge is -2.13. The number of hydrogen-bond acceptors (Lipinski definition) is 4. The number of aliphatic hydroxyl groups is 1. The lowest BCUT2D eigenvalue weighted by Crippen LogP contribution is -2.26. The molecule has 0 radical (unpaired) electrons. The second kappa shape index (κ2) is 7.47. The molecule has 0 saturated carbocycles. The molecule has 6 nitrogen and oxygen atoms in total. The summed E-state index contributed by atoms with van der Waals surface area (Å²) < 4.78 is 15.4. The molecule has 3 N–H and O–H groups in total. The molecule has 124 valence electrons. The third-order valence-electron chi connectivity index (χ3n) is 3.35. The Morgan fingerprint density at radius 2 is 2.26 bits per heavy atom. The Morgan fingerprint density at radius 1 is 1.52 bits per heavy atom. The van der Waals surface area contributed by atoms with E-state index >= 15 is 0 Å². The van der Waals surface area contributed by atoms with Gasteiger partial charge in [-0.3, -0.25) is 9.89 Å². The molecule has 0 aliphatic heterocycles. The number of benzene rings is 1. The monoisotopic (exact) mass is 338 g/mol. The van der Waals surface area contributed by atoms with Gasteiger partial charge in [0, 0.05) is 6.04 Å². The van der Waals surface area contributed by atoms with Gasteiger partial charge in [-0.2, -0.15) is 5.10 Å². The summed E-state index contributed by atoms with van der Waals surface area (Å²) in [5, 5.41) is 19.4. The second-order valence-electron chi connectivity index (χ2n) is 5.46. The number of aromatic nitrogens is 3. The number of halogens is 1. The molecule has 0 saturated heterocycles. The molecule has 0 bridgehead atoms. The highest BCUT2D eigenvalue weighted by molar-refractivity contribution is 7.71. The lowest BCUT2D eigenvalue weighted by molar-refractivity contribution is -0.123. The standard InChI is InChI=1S/C15H19FN4O2S/c1-9(2)20-13(18-19-15(20)23)8-17-14(22)7-12(21)10-4-3-5-11(16)6-10/h3-6,9,12,21H,7-8H2,1-2H3,(H,17,22)(H,19,23)/t12-/m1/s1. The Morgan fingerprint density at radius 3 is 2.91 bits per heavy atom. The maximum absolute atomic E-state index is 13.1. The highest BCUT2D eigenvalue weighted by Gasteiger charge is 2.15. The van der Waals surface area contributed by atoms with Crippen molar-refractivity contribution in [1.29, 1.82) is 0 Å². The Bertz CT molecular complexity index is 741. The maximum atomic E-state index is 13.1. The number of carbonyl (C=O) groups excluding carboxylic acids is 1. The van der Waals surface area contributed by atoms with E-state index in [1.807, 2.05) is 13.8 Å². The highest BCUT2D eigenvalue weighted by atomic mass is 32.1. The summed E-state index contributed by atoms with van der Waals surface area (Å²) in [5.41, 5.74) is 0.366. The molecule has 1 aromatic carbocycles. The van der Waals surface area contributed by atoms with Crippen LogP contribution in [0.3, 0.4) is 0 Å². The highest BCUT2D eigenvalue weighted by Crippen LogP contribution is 2.17. The minimum absolute atomic E-state index is 0.117. The summed E-state index contributed by atoms with van der Waals surface area (Å²) in [7, 11) is 0. The first-order chi connectivity index (χ1) is 10.9. The average Bonchev–Trinajstić information content (AvgIpc) is 2.86. The largest absolute Gasteiger partial charge is 0.388 e. The number of rotatable bonds is 6. The van der Waals surface area contributed by atoms with E-state index in [0.29, 0.717) is 16.2 Å². The number of aliphatic hydroxyl groups excluding tert-OH is 1. The van der Waals surface area contributed by atoms with E-state index in [1.54, 1.807) is 10.6 Å². The van der Waals surface area contributed by atoms with Crippen molar-refractivity contribution in [3.05, 3.63) is 46.2 Å². The van der Waals surface area contributed by atoms with Crippen molar-refractivity contribution >= 4 is 18.1 Å². The fourth-order valence-electron chi connectivity index (χ4n) is 2.25. The summed E-state index contributed by atoms with van der Waals surface area (Å²) in [6.45, 7) is 4.12. The Labute approximate surface area is 138 Å². The maximum Gasteiger partial charge on any atom is 0.223 e. The predicted octanol–water partition coefficient (Wildman–Crippen LogP) is 2.40. The summed E-state index contributed by atoms with van der Waals surface area (Å²) >= 11 is 5.13. The first kappa shape index (κ1) is 17.3. The van der Waals surface area contributed by atoms with Crippen molar-refractivity contribution in [1.82, 2.24) is 20.1 Å². The first-order valence-corrected chi connectivity index (χ1v) is 7.65. The minimum Gasteiger partial charge on any atom is -0.388 e. The molecule has 0 unspecified atom stereocenters. The van der Waals surface area contributed by atoms with Crippen LogP contribution < -0.4 is 5.32 Å². The Hall–Kier alpha value is -2.06. The van der Waals surface area contributed by atoms with Gasteiger partial charge < -0.3 is 15.0 Å². The van der Waals surface area contributed by atoms with Crippen LogP contribution in [0.25, 0.3) is 0 Å². The zero-order valence-corrected chi connectivity index (χ0v) is 13.7. The predicted molar refractivity (Wildman–Crippen MR) is 85.6 cm³/mol. The molecular formula is C15H19FN4O2S.